The molecule has 0 aliphatic rings. The quantitative estimate of drug-likeness (QED) is 0.852. The van der Waals surface area contributed by atoms with E-state index in [2.05, 4.69) is 26.1 Å². The van der Waals surface area contributed by atoms with Gasteiger partial charge in [-0.1, -0.05) is 26.0 Å². The van der Waals surface area contributed by atoms with Crippen molar-refractivity contribution in [2.75, 3.05) is 7.11 Å². The molecule has 0 spiro atoms. The molecule has 1 aromatic rings. The monoisotopic (exact) mass is 235 g/mol. The van der Waals surface area contributed by atoms with Crippen LogP contribution in [0.2, 0.25) is 0 Å². The Morgan fingerprint density at radius 1 is 1.29 bits per heavy atom. The van der Waals surface area contributed by atoms with E-state index in [9.17, 15) is 4.79 Å². The van der Waals surface area contributed by atoms with Crippen LogP contribution in [0, 0.1) is 0 Å². The first-order valence-corrected chi connectivity index (χ1v) is 6.02. The van der Waals surface area contributed by atoms with Crippen LogP contribution in [0.1, 0.15) is 44.0 Å². The predicted octanol–water partition coefficient (Wildman–Crippen LogP) is 3.00. The molecular formula is C14H21NO2. The maximum Gasteiger partial charge on any atom is 0.255 e. The molecule has 1 rings (SSSR count). The number of benzene rings is 1. The van der Waals surface area contributed by atoms with E-state index in [1.165, 1.54) is 0 Å². The molecule has 3 nitrogen and oxygen atoms in total. The second-order valence-corrected chi connectivity index (χ2v) is 4.42. The van der Waals surface area contributed by atoms with Crippen molar-refractivity contribution in [1.29, 1.82) is 0 Å². The molecule has 0 radical (unpaired) electrons. The Kier molecular flexibility index (Phi) is 4.55. The van der Waals surface area contributed by atoms with E-state index in [1.807, 2.05) is 12.1 Å². The average Bonchev–Trinajstić information content (AvgIpc) is 2.38. The molecule has 1 aromatic carbocycles. The molecule has 0 aliphatic heterocycles. The van der Waals surface area contributed by atoms with Crippen LogP contribution in [0.4, 0.5) is 0 Å². The van der Waals surface area contributed by atoms with Gasteiger partial charge in [0.1, 0.15) is 5.75 Å². The maximum atomic E-state index is 12.2. The highest BCUT2D eigenvalue weighted by Crippen LogP contribution is 2.20. The zero-order valence-electron chi connectivity index (χ0n) is 11.0. The van der Waals surface area contributed by atoms with Gasteiger partial charge in [-0.25, -0.2) is 0 Å². The minimum absolute atomic E-state index is 0.0753. The smallest absolute Gasteiger partial charge is 0.255 e. The lowest BCUT2D eigenvalue weighted by Gasteiger charge is -2.28. The largest absolute Gasteiger partial charge is 0.496 e. The Morgan fingerprint density at radius 3 is 2.41 bits per heavy atom. The minimum atomic E-state index is -0.155. The molecule has 17 heavy (non-hydrogen) atoms. The molecule has 0 atom stereocenters. The Balaban J connectivity index is 2.90. The number of carbonyl (C=O) groups is 1. The summed E-state index contributed by atoms with van der Waals surface area (Å²) >= 11 is 0. The van der Waals surface area contributed by atoms with Gasteiger partial charge in [0.2, 0.25) is 0 Å². The molecule has 0 aliphatic carbocycles. The lowest BCUT2D eigenvalue weighted by atomic mass is 9.95. The molecule has 0 unspecified atom stereocenters. The highest BCUT2D eigenvalue weighted by molar-refractivity contribution is 5.97. The van der Waals surface area contributed by atoms with Crippen molar-refractivity contribution >= 4 is 5.91 Å². The SMILES string of the molecule is CCC(C)(CC)NC(=O)c1ccccc1OC. The summed E-state index contributed by atoms with van der Waals surface area (Å²) in [7, 11) is 1.57. The summed E-state index contributed by atoms with van der Waals surface area (Å²) in [4.78, 5) is 12.2. The minimum Gasteiger partial charge on any atom is -0.496 e. The maximum absolute atomic E-state index is 12.2. The molecule has 3 heteroatoms. The van der Waals surface area contributed by atoms with Crippen LogP contribution in [-0.2, 0) is 0 Å². The Labute approximate surface area is 103 Å². The third-order valence-corrected chi connectivity index (χ3v) is 3.33. The first-order valence-electron chi connectivity index (χ1n) is 6.02. The Hall–Kier alpha value is -1.51. The van der Waals surface area contributed by atoms with E-state index in [4.69, 9.17) is 4.74 Å². The van der Waals surface area contributed by atoms with Gasteiger partial charge < -0.3 is 10.1 Å². The molecule has 94 valence electrons. The van der Waals surface area contributed by atoms with Crippen molar-refractivity contribution < 1.29 is 9.53 Å². The summed E-state index contributed by atoms with van der Waals surface area (Å²) < 4.78 is 5.19. The lowest BCUT2D eigenvalue weighted by molar-refractivity contribution is 0.0898. The van der Waals surface area contributed by atoms with Crippen molar-refractivity contribution in [2.24, 2.45) is 0 Å². The van der Waals surface area contributed by atoms with Crippen molar-refractivity contribution in [2.45, 2.75) is 39.2 Å². The van der Waals surface area contributed by atoms with Gasteiger partial charge in [0.15, 0.2) is 0 Å². The first-order chi connectivity index (χ1) is 8.06. The highest BCUT2D eigenvalue weighted by atomic mass is 16.5. The fourth-order valence-electron chi connectivity index (χ4n) is 1.60. The van der Waals surface area contributed by atoms with Crippen LogP contribution in [-0.4, -0.2) is 18.6 Å². The standard InChI is InChI=1S/C14H21NO2/c1-5-14(3,6-2)15-13(16)11-9-7-8-10-12(11)17-4/h7-10H,5-6H2,1-4H3,(H,15,16). The number of carbonyl (C=O) groups excluding carboxylic acids is 1. The summed E-state index contributed by atoms with van der Waals surface area (Å²) in [6, 6.07) is 7.27. The van der Waals surface area contributed by atoms with Gasteiger partial charge in [-0.15, -0.1) is 0 Å². The number of amides is 1. The summed E-state index contributed by atoms with van der Waals surface area (Å²) in [6.45, 7) is 6.21. The van der Waals surface area contributed by atoms with Gasteiger partial charge in [-0.05, 0) is 31.9 Å². The third-order valence-electron chi connectivity index (χ3n) is 3.33. The second kappa shape index (κ2) is 5.71. The van der Waals surface area contributed by atoms with Gasteiger partial charge in [0, 0.05) is 5.54 Å². The van der Waals surface area contributed by atoms with Crippen molar-refractivity contribution in [3.8, 4) is 5.75 Å². The van der Waals surface area contributed by atoms with Gasteiger partial charge in [-0.3, -0.25) is 4.79 Å². The topological polar surface area (TPSA) is 38.3 Å². The van der Waals surface area contributed by atoms with Crippen LogP contribution in [0.5, 0.6) is 5.75 Å². The first kappa shape index (κ1) is 13.6. The van der Waals surface area contributed by atoms with Crippen LogP contribution in [0.25, 0.3) is 0 Å². The molecule has 1 amide bonds. The second-order valence-electron chi connectivity index (χ2n) is 4.42. The molecular weight excluding hydrogens is 214 g/mol. The van der Waals surface area contributed by atoms with Crippen molar-refractivity contribution in [3.05, 3.63) is 29.8 Å². The fraction of sp³-hybridized carbons (Fsp3) is 0.500. The molecule has 0 saturated heterocycles. The number of hydrogen-bond donors (Lipinski definition) is 1. The van der Waals surface area contributed by atoms with Gasteiger partial charge in [0.05, 0.1) is 12.7 Å². The molecule has 0 aromatic heterocycles. The van der Waals surface area contributed by atoms with Crippen LogP contribution < -0.4 is 10.1 Å². The van der Waals surface area contributed by atoms with Gasteiger partial charge in [-0.2, -0.15) is 0 Å². The van der Waals surface area contributed by atoms with Gasteiger partial charge >= 0.3 is 0 Å². The van der Waals surface area contributed by atoms with E-state index in [0.717, 1.165) is 12.8 Å². The van der Waals surface area contributed by atoms with Crippen LogP contribution >= 0.6 is 0 Å². The summed E-state index contributed by atoms with van der Waals surface area (Å²) in [6.07, 6.45) is 1.81. The summed E-state index contributed by atoms with van der Waals surface area (Å²) in [5, 5.41) is 3.06. The fourth-order valence-corrected chi connectivity index (χ4v) is 1.60. The van der Waals surface area contributed by atoms with E-state index in [0.29, 0.717) is 11.3 Å². The van der Waals surface area contributed by atoms with E-state index in [1.54, 1.807) is 19.2 Å². The normalized spacial score (nSPS) is 11.1. The third kappa shape index (κ3) is 3.22. The number of nitrogens with one attached hydrogen (secondary N) is 1. The summed E-state index contributed by atoms with van der Waals surface area (Å²) in [5.41, 5.74) is 0.431. The van der Waals surface area contributed by atoms with Crippen LogP contribution in [0.3, 0.4) is 0 Å². The zero-order chi connectivity index (χ0) is 12.9. The highest BCUT2D eigenvalue weighted by Gasteiger charge is 2.23. The Bertz CT molecular complexity index is 384. The van der Waals surface area contributed by atoms with E-state index < -0.39 is 0 Å². The average molecular weight is 235 g/mol. The van der Waals surface area contributed by atoms with E-state index >= 15 is 0 Å². The van der Waals surface area contributed by atoms with Crippen molar-refractivity contribution in [1.82, 2.24) is 5.32 Å². The molecule has 0 fully saturated rings. The zero-order valence-corrected chi connectivity index (χ0v) is 11.0. The van der Waals surface area contributed by atoms with E-state index in [-0.39, 0.29) is 11.4 Å². The Morgan fingerprint density at radius 2 is 1.88 bits per heavy atom. The summed E-state index contributed by atoms with van der Waals surface area (Å²) in [5.74, 6) is 0.535. The number of methoxy groups -OCH3 is 1. The molecule has 0 bridgehead atoms. The van der Waals surface area contributed by atoms with Crippen molar-refractivity contribution in [3.63, 3.8) is 0 Å². The molecule has 1 N–H and O–H groups in total. The van der Waals surface area contributed by atoms with Crippen LogP contribution in [0.15, 0.2) is 24.3 Å². The van der Waals surface area contributed by atoms with Gasteiger partial charge in [0.25, 0.3) is 5.91 Å². The predicted molar refractivity (Wildman–Crippen MR) is 69.4 cm³/mol. The number of rotatable bonds is 5. The molecule has 0 heterocycles. The number of ether oxygens (including phenoxy) is 1. The lowest BCUT2D eigenvalue weighted by Crippen LogP contribution is -2.45. The number of hydrogen-bond acceptors (Lipinski definition) is 2. The molecule has 0 saturated carbocycles. The number of para-hydroxylation sites is 1.